The second-order valence-electron chi connectivity index (χ2n) is 7.73. The van der Waals surface area contributed by atoms with Crippen LogP contribution in [-0.4, -0.2) is 41.2 Å². The lowest BCUT2D eigenvalue weighted by atomic mass is 9.87. The monoisotopic (exact) mass is 400 g/mol. The van der Waals surface area contributed by atoms with Gasteiger partial charge in [0, 0.05) is 38.4 Å². The summed E-state index contributed by atoms with van der Waals surface area (Å²) in [7, 11) is 0. The number of carbonyl (C=O) groups is 2. The van der Waals surface area contributed by atoms with Crippen LogP contribution < -0.4 is 0 Å². The van der Waals surface area contributed by atoms with E-state index in [1.165, 1.54) is 18.2 Å². The van der Waals surface area contributed by atoms with Crippen LogP contribution in [0.15, 0.2) is 42.5 Å². The molecular weight excluding hydrogens is 379 g/mol. The Balaban J connectivity index is 1.63. The molecule has 6 heteroatoms. The minimum Gasteiger partial charge on any atom is -0.338 e. The number of carbonyl (C=O) groups excluding carboxylic acids is 2. The van der Waals surface area contributed by atoms with Crippen molar-refractivity contribution in [1.82, 2.24) is 9.80 Å². The average Bonchev–Trinajstić information content (AvgIpc) is 3.22. The molecule has 28 heavy (non-hydrogen) atoms. The van der Waals surface area contributed by atoms with Gasteiger partial charge in [-0.15, -0.1) is 0 Å². The lowest BCUT2D eigenvalue weighted by molar-refractivity contribution is -0.130. The van der Waals surface area contributed by atoms with Gasteiger partial charge < -0.3 is 9.80 Å². The van der Waals surface area contributed by atoms with Crippen LogP contribution in [0, 0.1) is 24.6 Å². The summed E-state index contributed by atoms with van der Waals surface area (Å²) >= 11 is 6.13. The van der Waals surface area contributed by atoms with E-state index in [-0.39, 0.29) is 40.3 Å². The zero-order chi connectivity index (χ0) is 20.0. The summed E-state index contributed by atoms with van der Waals surface area (Å²) in [6.07, 6.45) is 0. The Bertz CT molecular complexity index is 948. The van der Waals surface area contributed by atoms with Gasteiger partial charge in [-0.1, -0.05) is 35.9 Å². The maximum absolute atomic E-state index is 13.6. The van der Waals surface area contributed by atoms with Gasteiger partial charge in [0.2, 0.25) is 5.91 Å². The van der Waals surface area contributed by atoms with E-state index >= 15 is 0 Å². The van der Waals surface area contributed by atoms with Crippen molar-refractivity contribution in [2.24, 2.45) is 11.8 Å². The van der Waals surface area contributed by atoms with Crippen LogP contribution in [0.3, 0.4) is 0 Å². The third-order valence-corrected chi connectivity index (χ3v) is 6.35. The molecule has 3 atom stereocenters. The standard InChI is InChI=1S/C22H22ClFN2O2/c1-13-5-3-4-6-17(13)21-19-12-25(10-15(19)11-26(21)14(2)27)22(28)18-9-16(24)7-8-20(18)23/h3-9,15,19,21H,10-12H2,1-2H3/t15-,19-,21+/m1/s1. The van der Waals surface area contributed by atoms with Crippen molar-refractivity contribution in [3.05, 3.63) is 70.0 Å². The van der Waals surface area contributed by atoms with E-state index in [1.54, 1.807) is 11.8 Å². The topological polar surface area (TPSA) is 40.6 Å². The zero-order valence-corrected chi connectivity index (χ0v) is 16.6. The van der Waals surface area contributed by atoms with Crippen LogP contribution in [0.2, 0.25) is 5.02 Å². The van der Waals surface area contributed by atoms with E-state index in [0.717, 1.165) is 11.1 Å². The highest BCUT2D eigenvalue weighted by atomic mass is 35.5. The molecule has 2 aliphatic rings. The molecule has 0 aliphatic carbocycles. The Morgan fingerprint density at radius 2 is 1.86 bits per heavy atom. The van der Waals surface area contributed by atoms with Gasteiger partial charge in [0.15, 0.2) is 0 Å². The summed E-state index contributed by atoms with van der Waals surface area (Å²) < 4.78 is 13.6. The van der Waals surface area contributed by atoms with Gasteiger partial charge >= 0.3 is 0 Å². The van der Waals surface area contributed by atoms with Crippen LogP contribution in [0.5, 0.6) is 0 Å². The van der Waals surface area contributed by atoms with E-state index in [1.807, 2.05) is 30.0 Å². The average molecular weight is 401 g/mol. The zero-order valence-electron chi connectivity index (χ0n) is 15.9. The Hall–Kier alpha value is -2.40. The van der Waals surface area contributed by atoms with Crippen LogP contribution in [-0.2, 0) is 4.79 Å². The Morgan fingerprint density at radius 1 is 1.11 bits per heavy atom. The van der Waals surface area contributed by atoms with Crippen molar-refractivity contribution in [3.63, 3.8) is 0 Å². The predicted octanol–water partition coefficient (Wildman–Crippen LogP) is 4.08. The van der Waals surface area contributed by atoms with E-state index < -0.39 is 5.82 Å². The van der Waals surface area contributed by atoms with Gasteiger partial charge in [0.05, 0.1) is 16.6 Å². The first-order valence-corrected chi connectivity index (χ1v) is 9.81. The van der Waals surface area contributed by atoms with Gasteiger partial charge in [-0.2, -0.15) is 0 Å². The van der Waals surface area contributed by atoms with Crippen molar-refractivity contribution < 1.29 is 14.0 Å². The summed E-state index contributed by atoms with van der Waals surface area (Å²) in [5.74, 6) is -0.329. The van der Waals surface area contributed by atoms with Crippen molar-refractivity contribution >= 4 is 23.4 Å². The number of hydrogen-bond acceptors (Lipinski definition) is 2. The lowest BCUT2D eigenvalue weighted by Crippen LogP contribution is -2.36. The smallest absolute Gasteiger partial charge is 0.255 e. The SMILES string of the molecule is CC(=O)N1C[C@H]2CN(C(=O)c3cc(F)ccc3Cl)C[C@H]2[C@@H]1c1ccccc1C. The number of nitrogens with zero attached hydrogens (tertiary/aromatic N) is 2. The van der Waals surface area contributed by atoms with Gasteiger partial charge in [-0.25, -0.2) is 4.39 Å². The van der Waals surface area contributed by atoms with Gasteiger partial charge in [-0.05, 0) is 36.2 Å². The molecule has 0 radical (unpaired) electrons. The van der Waals surface area contributed by atoms with E-state index in [9.17, 15) is 14.0 Å². The summed E-state index contributed by atoms with van der Waals surface area (Å²) in [4.78, 5) is 28.9. The predicted molar refractivity (Wildman–Crippen MR) is 106 cm³/mol. The van der Waals surface area contributed by atoms with Crippen molar-refractivity contribution in [2.45, 2.75) is 19.9 Å². The maximum Gasteiger partial charge on any atom is 0.255 e. The van der Waals surface area contributed by atoms with Crippen molar-refractivity contribution in [2.75, 3.05) is 19.6 Å². The number of amides is 2. The van der Waals surface area contributed by atoms with Crippen LogP contribution in [0.1, 0.15) is 34.5 Å². The molecule has 2 aromatic carbocycles. The number of halogens is 2. The summed E-state index contributed by atoms with van der Waals surface area (Å²) in [6.45, 7) is 5.34. The fourth-order valence-corrected chi connectivity index (χ4v) is 4.88. The molecule has 4 rings (SSSR count). The molecular formula is C22H22ClFN2O2. The molecule has 4 nitrogen and oxygen atoms in total. The number of likely N-dealkylation sites (tertiary alicyclic amines) is 2. The molecule has 0 aromatic heterocycles. The molecule has 2 aliphatic heterocycles. The fraction of sp³-hybridized carbons (Fsp3) is 0.364. The highest BCUT2D eigenvalue weighted by molar-refractivity contribution is 6.33. The summed E-state index contributed by atoms with van der Waals surface area (Å²) in [5, 5.41) is 0.254. The molecule has 0 N–H and O–H groups in total. The third kappa shape index (κ3) is 3.18. The van der Waals surface area contributed by atoms with Gasteiger partial charge in [0.1, 0.15) is 5.82 Å². The highest BCUT2D eigenvalue weighted by Crippen LogP contribution is 2.46. The number of aryl methyl sites for hydroxylation is 1. The Labute approximate surface area is 168 Å². The quantitative estimate of drug-likeness (QED) is 0.762. The minimum absolute atomic E-state index is 0.0497. The molecule has 2 amide bonds. The minimum atomic E-state index is -0.479. The molecule has 2 fully saturated rings. The van der Waals surface area contributed by atoms with Gasteiger partial charge in [-0.3, -0.25) is 9.59 Å². The molecule has 0 unspecified atom stereocenters. The summed E-state index contributed by atoms with van der Waals surface area (Å²) in [6, 6.07) is 11.9. The highest BCUT2D eigenvalue weighted by Gasteiger charge is 2.49. The van der Waals surface area contributed by atoms with E-state index in [0.29, 0.717) is 19.6 Å². The van der Waals surface area contributed by atoms with Crippen molar-refractivity contribution in [1.29, 1.82) is 0 Å². The number of benzene rings is 2. The number of hydrogen-bond donors (Lipinski definition) is 0. The van der Waals surface area contributed by atoms with Crippen LogP contribution in [0.25, 0.3) is 0 Å². The Kier molecular flexibility index (Phi) is 4.88. The second-order valence-corrected chi connectivity index (χ2v) is 8.14. The first-order valence-electron chi connectivity index (χ1n) is 9.44. The maximum atomic E-state index is 13.6. The largest absolute Gasteiger partial charge is 0.338 e. The lowest BCUT2D eigenvalue weighted by Gasteiger charge is -2.30. The number of rotatable bonds is 2. The first-order chi connectivity index (χ1) is 13.4. The van der Waals surface area contributed by atoms with Crippen LogP contribution >= 0.6 is 11.6 Å². The van der Waals surface area contributed by atoms with E-state index in [2.05, 4.69) is 6.07 Å². The fourth-order valence-electron chi connectivity index (χ4n) is 4.68. The normalized spacial score (nSPS) is 23.8. The molecule has 2 heterocycles. The molecule has 0 saturated carbocycles. The molecule has 146 valence electrons. The molecule has 2 aromatic rings. The first kappa shape index (κ1) is 18.9. The number of fused-ring (bicyclic) bond motifs is 1. The van der Waals surface area contributed by atoms with E-state index in [4.69, 9.17) is 11.6 Å². The summed E-state index contributed by atoms with van der Waals surface area (Å²) in [5.41, 5.74) is 2.46. The van der Waals surface area contributed by atoms with Crippen molar-refractivity contribution in [3.8, 4) is 0 Å². The molecule has 0 bridgehead atoms. The third-order valence-electron chi connectivity index (χ3n) is 6.02. The molecule has 2 saturated heterocycles. The van der Waals surface area contributed by atoms with Crippen LogP contribution in [0.4, 0.5) is 4.39 Å². The molecule has 0 spiro atoms. The Morgan fingerprint density at radius 3 is 2.57 bits per heavy atom. The van der Waals surface area contributed by atoms with Gasteiger partial charge in [0.25, 0.3) is 5.91 Å². The second kappa shape index (κ2) is 7.21.